The number of amides is 1. The molecule has 0 saturated carbocycles. The summed E-state index contributed by atoms with van der Waals surface area (Å²) in [6.07, 6.45) is 1.81. The molecule has 1 aromatic carbocycles. The van der Waals surface area contributed by atoms with E-state index in [0.717, 1.165) is 18.5 Å². The number of hydrogen-bond donors (Lipinski definition) is 2. The minimum absolute atomic E-state index is 0.118. The molecule has 1 amide bonds. The summed E-state index contributed by atoms with van der Waals surface area (Å²) in [6.45, 7) is 4.67. The number of anilines is 1. The largest absolute Gasteiger partial charge is 0.343 e. The van der Waals surface area contributed by atoms with Gasteiger partial charge in [0.2, 0.25) is 5.91 Å². The summed E-state index contributed by atoms with van der Waals surface area (Å²) < 4.78 is 1.55. The molecule has 6 nitrogen and oxygen atoms in total. The summed E-state index contributed by atoms with van der Waals surface area (Å²) in [5.41, 5.74) is 1.77. The van der Waals surface area contributed by atoms with Crippen LogP contribution < -0.4 is 11.0 Å². The molecule has 2 rings (SSSR count). The minimum Gasteiger partial charge on any atom is -0.325 e. The lowest BCUT2D eigenvalue weighted by molar-refractivity contribution is -0.113. The van der Waals surface area contributed by atoms with Gasteiger partial charge in [0.15, 0.2) is 5.16 Å². The fraction of sp³-hybridized carbons (Fsp3) is 0.400. The van der Waals surface area contributed by atoms with Crippen molar-refractivity contribution in [3.63, 3.8) is 0 Å². The Kier molecular flexibility index (Phi) is 5.83. The topological polar surface area (TPSA) is 79.8 Å². The summed E-state index contributed by atoms with van der Waals surface area (Å²) in [7, 11) is 0. The third-order valence-corrected chi connectivity index (χ3v) is 4.13. The Morgan fingerprint density at radius 3 is 2.68 bits per heavy atom. The highest BCUT2D eigenvalue weighted by atomic mass is 32.2. The van der Waals surface area contributed by atoms with Crippen molar-refractivity contribution in [1.29, 1.82) is 0 Å². The van der Waals surface area contributed by atoms with Crippen LogP contribution >= 0.6 is 11.8 Å². The molecule has 0 bridgehead atoms. The zero-order chi connectivity index (χ0) is 15.9. The molecule has 22 heavy (non-hydrogen) atoms. The van der Waals surface area contributed by atoms with Crippen LogP contribution in [-0.4, -0.2) is 26.4 Å². The number of aromatic amines is 1. The highest BCUT2D eigenvalue weighted by Crippen LogP contribution is 2.15. The predicted molar refractivity (Wildman–Crippen MR) is 88.3 cm³/mol. The number of H-pyrrole nitrogens is 1. The van der Waals surface area contributed by atoms with Gasteiger partial charge in [0.05, 0.1) is 5.75 Å². The van der Waals surface area contributed by atoms with Gasteiger partial charge in [-0.1, -0.05) is 37.7 Å². The lowest BCUT2D eigenvalue weighted by atomic mass is 10.1. The van der Waals surface area contributed by atoms with Crippen molar-refractivity contribution >= 4 is 23.4 Å². The van der Waals surface area contributed by atoms with E-state index in [1.54, 1.807) is 4.57 Å². The van der Waals surface area contributed by atoms with Crippen LogP contribution in [-0.2, 0) is 17.8 Å². The Labute approximate surface area is 133 Å². The number of hydrogen-bond acceptors (Lipinski definition) is 4. The van der Waals surface area contributed by atoms with Gasteiger partial charge in [-0.2, -0.15) is 0 Å². The maximum atomic E-state index is 12.0. The normalized spacial score (nSPS) is 10.6. The molecule has 0 aliphatic carbocycles. The zero-order valence-corrected chi connectivity index (χ0v) is 13.6. The second-order valence-electron chi connectivity index (χ2n) is 4.85. The van der Waals surface area contributed by atoms with Gasteiger partial charge in [-0.25, -0.2) is 9.89 Å². The van der Waals surface area contributed by atoms with Crippen molar-refractivity contribution in [2.45, 2.75) is 38.4 Å². The second-order valence-corrected chi connectivity index (χ2v) is 5.79. The molecule has 0 unspecified atom stereocenters. The molecule has 7 heteroatoms. The first kappa shape index (κ1) is 16.4. The number of aryl methyl sites for hydroxylation is 1. The van der Waals surface area contributed by atoms with E-state index in [-0.39, 0.29) is 17.3 Å². The highest BCUT2D eigenvalue weighted by Gasteiger charge is 2.10. The zero-order valence-electron chi connectivity index (χ0n) is 12.8. The first-order valence-electron chi connectivity index (χ1n) is 7.30. The van der Waals surface area contributed by atoms with Crippen LogP contribution in [0.15, 0.2) is 34.2 Å². The SMILES string of the molecule is CCCn1c(SCC(=O)Nc2ccc(CC)cc2)n[nH]c1=O. The molecule has 0 radical (unpaired) electrons. The van der Waals surface area contributed by atoms with Crippen molar-refractivity contribution < 1.29 is 4.79 Å². The van der Waals surface area contributed by atoms with Crippen molar-refractivity contribution in [3.8, 4) is 0 Å². The van der Waals surface area contributed by atoms with Crippen LogP contribution in [0, 0.1) is 0 Å². The second kappa shape index (κ2) is 7.84. The van der Waals surface area contributed by atoms with Gasteiger partial charge in [-0.15, -0.1) is 5.10 Å². The van der Waals surface area contributed by atoms with E-state index < -0.39 is 0 Å². The summed E-state index contributed by atoms with van der Waals surface area (Å²) in [6, 6.07) is 7.77. The molecule has 0 atom stereocenters. The predicted octanol–water partition coefficient (Wildman–Crippen LogP) is 2.27. The maximum Gasteiger partial charge on any atom is 0.343 e. The molecule has 0 saturated heterocycles. The van der Waals surface area contributed by atoms with Crippen molar-refractivity contribution in [2.24, 2.45) is 0 Å². The quantitative estimate of drug-likeness (QED) is 0.767. The van der Waals surface area contributed by atoms with E-state index in [0.29, 0.717) is 11.7 Å². The molecule has 0 aliphatic heterocycles. The molecule has 0 spiro atoms. The van der Waals surface area contributed by atoms with Crippen LogP contribution in [0.2, 0.25) is 0 Å². The number of benzene rings is 1. The number of carbonyl (C=O) groups is 1. The molecule has 2 aromatic rings. The Morgan fingerprint density at radius 1 is 1.32 bits per heavy atom. The highest BCUT2D eigenvalue weighted by molar-refractivity contribution is 7.99. The van der Waals surface area contributed by atoms with E-state index in [9.17, 15) is 9.59 Å². The third kappa shape index (κ3) is 4.24. The standard InChI is InChI=1S/C15H20N4O2S/c1-3-9-19-14(21)17-18-15(19)22-10-13(20)16-12-7-5-11(4-2)6-8-12/h5-8H,3-4,9-10H2,1-2H3,(H,16,20)(H,17,21). The van der Waals surface area contributed by atoms with E-state index in [2.05, 4.69) is 22.4 Å². The number of nitrogens with one attached hydrogen (secondary N) is 2. The van der Waals surface area contributed by atoms with Gasteiger partial charge in [-0.05, 0) is 30.5 Å². The number of rotatable bonds is 7. The molecule has 2 N–H and O–H groups in total. The van der Waals surface area contributed by atoms with E-state index >= 15 is 0 Å². The fourth-order valence-electron chi connectivity index (χ4n) is 1.99. The molecule has 0 aliphatic rings. The molecule has 118 valence electrons. The van der Waals surface area contributed by atoms with Crippen LogP contribution in [0.1, 0.15) is 25.8 Å². The van der Waals surface area contributed by atoms with Gasteiger partial charge < -0.3 is 5.32 Å². The van der Waals surface area contributed by atoms with Crippen molar-refractivity contribution in [1.82, 2.24) is 14.8 Å². The Bertz CT molecular complexity index is 676. The van der Waals surface area contributed by atoms with E-state index in [1.165, 1.54) is 17.3 Å². The Morgan fingerprint density at radius 2 is 2.05 bits per heavy atom. The molecule has 0 fully saturated rings. The molecular formula is C15H20N4O2S. The maximum absolute atomic E-state index is 12.0. The van der Waals surface area contributed by atoms with Gasteiger partial charge in [0, 0.05) is 12.2 Å². The molecule has 1 aromatic heterocycles. The Balaban J connectivity index is 1.91. The van der Waals surface area contributed by atoms with Crippen molar-refractivity contribution in [3.05, 3.63) is 40.3 Å². The molecule has 1 heterocycles. The number of thioether (sulfide) groups is 1. The van der Waals surface area contributed by atoms with Gasteiger partial charge >= 0.3 is 5.69 Å². The summed E-state index contributed by atoms with van der Waals surface area (Å²) in [4.78, 5) is 23.5. The smallest absolute Gasteiger partial charge is 0.325 e. The first-order chi connectivity index (χ1) is 10.6. The number of aromatic nitrogens is 3. The Hall–Kier alpha value is -2.02. The lowest BCUT2D eigenvalue weighted by Gasteiger charge is -2.06. The van der Waals surface area contributed by atoms with Crippen LogP contribution in [0.4, 0.5) is 5.69 Å². The average Bonchev–Trinajstić information content (AvgIpc) is 2.87. The fourth-order valence-corrected chi connectivity index (χ4v) is 2.76. The van der Waals surface area contributed by atoms with Crippen LogP contribution in [0.25, 0.3) is 0 Å². The summed E-state index contributed by atoms with van der Waals surface area (Å²) in [5, 5.41) is 9.74. The van der Waals surface area contributed by atoms with E-state index in [4.69, 9.17) is 0 Å². The minimum atomic E-state index is -0.236. The lowest BCUT2D eigenvalue weighted by Crippen LogP contribution is -2.18. The van der Waals surface area contributed by atoms with Gasteiger partial charge in [-0.3, -0.25) is 9.36 Å². The van der Waals surface area contributed by atoms with Crippen LogP contribution in [0.5, 0.6) is 0 Å². The van der Waals surface area contributed by atoms with Crippen molar-refractivity contribution in [2.75, 3.05) is 11.1 Å². The van der Waals surface area contributed by atoms with Gasteiger partial charge in [0.1, 0.15) is 0 Å². The van der Waals surface area contributed by atoms with Gasteiger partial charge in [0.25, 0.3) is 0 Å². The summed E-state index contributed by atoms with van der Waals surface area (Å²) >= 11 is 1.25. The number of carbonyl (C=O) groups excluding carboxylic acids is 1. The third-order valence-electron chi connectivity index (χ3n) is 3.15. The summed E-state index contributed by atoms with van der Waals surface area (Å²) in [5.74, 6) is 0.0940. The number of nitrogens with zero attached hydrogens (tertiary/aromatic N) is 2. The average molecular weight is 320 g/mol. The van der Waals surface area contributed by atoms with E-state index in [1.807, 2.05) is 31.2 Å². The molecular weight excluding hydrogens is 300 g/mol. The van der Waals surface area contributed by atoms with Crippen LogP contribution in [0.3, 0.4) is 0 Å². The monoisotopic (exact) mass is 320 g/mol. The first-order valence-corrected chi connectivity index (χ1v) is 8.29.